The second-order valence-electron chi connectivity index (χ2n) is 2.96. The van der Waals surface area contributed by atoms with E-state index in [9.17, 15) is 5.11 Å². The Labute approximate surface area is 62.8 Å². The molecule has 1 aliphatic heterocycles. The van der Waals surface area contributed by atoms with Crippen molar-refractivity contribution in [2.24, 2.45) is 0 Å². The van der Waals surface area contributed by atoms with Crippen LogP contribution in [-0.4, -0.2) is 31.1 Å². The van der Waals surface area contributed by atoms with E-state index in [1.165, 1.54) is 32.4 Å². The Morgan fingerprint density at radius 3 is 2.40 bits per heavy atom. The average Bonchev–Trinajstić information content (AvgIpc) is 2.03. The van der Waals surface area contributed by atoms with Crippen LogP contribution in [0.3, 0.4) is 0 Å². The smallest absolute Gasteiger partial charge is 0.0834 e. The fraction of sp³-hybridized carbons (Fsp3) is 1.00. The van der Waals surface area contributed by atoms with Gasteiger partial charge < -0.3 is 4.90 Å². The summed E-state index contributed by atoms with van der Waals surface area (Å²) in [5.41, 5.74) is 0. The van der Waals surface area contributed by atoms with E-state index in [-0.39, 0.29) is 6.61 Å². The van der Waals surface area contributed by atoms with Crippen molar-refractivity contribution in [1.29, 1.82) is 0 Å². The minimum atomic E-state index is 0.0938. The van der Waals surface area contributed by atoms with Crippen LogP contribution in [0.2, 0.25) is 0 Å². The Balaban J connectivity index is 2.02. The molecule has 0 aromatic heterocycles. The van der Waals surface area contributed by atoms with E-state index < -0.39 is 0 Å². The minimum absolute atomic E-state index is 0.0938. The van der Waals surface area contributed by atoms with Gasteiger partial charge in [-0.2, -0.15) is 0 Å². The van der Waals surface area contributed by atoms with Gasteiger partial charge in [0.15, 0.2) is 0 Å². The predicted octanol–water partition coefficient (Wildman–Crippen LogP) is 1.29. The predicted molar refractivity (Wildman–Crippen MR) is 40.5 cm³/mol. The molecule has 0 aliphatic carbocycles. The van der Waals surface area contributed by atoms with E-state index in [1.807, 2.05) is 0 Å². The van der Waals surface area contributed by atoms with Crippen molar-refractivity contribution < 1.29 is 5.11 Å². The van der Waals surface area contributed by atoms with E-state index in [4.69, 9.17) is 0 Å². The van der Waals surface area contributed by atoms with Gasteiger partial charge in [-0.1, -0.05) is 6.42 Å². The third-order valence-corrected chi connectivity index (χ3v) is 2.07. The van der Waals surface area contributed by atoms with Gasteiger partial charge in [0.05, 0.1) is 6.61 Å². The van der Waals surface area contributed by atoms with Gasteiger partial charge in [-0.15, -0.1) is 0 Å². The molecule has 1 fully saturated rings. The summed E-state index contributed by atoms with van der Waals surface area (Å²) in [4.78, 5) is 2.40. The zero-order valence-electron chi connectivity index (χ0n) is 6.51. The standard InChI is InChI=1S/C8H16NO/c10-8-4-7-9-5-2-1-3-6-9/h1-8H2. The number of rotatable bonds is 3. The molecule has 1 rings (SSSR count). The summed E-state index contributed by atoms with van der Waals surface area (Å²) in [5.74, 6) is 0. The molecular weight excluding hydrogens is 126 g/mol. The molecular formula is C8H16NO. The zero-order valence-corrected chi connectivity index (χ0v) is 6.51. The van der Waals surface area contributed by atoms with Crippen molar-refractivity contribution >= 4 is 0 Å². The van der Waals surface area contributed by atoms with E-state index >= 15 is 0 Å². The summed E-state index contributed by atoms with van der Waals surface area (Å²) >= 11 is 0. The maximum Gasteiger partial charge on any atom is 0.0834 e. The molecule has 0 N–H and O–H groups in total. The van der Waals surface area contributed by atoms with Gasteiger partial charge in [0.2, 0.25) is 0 Å². The minimum Gasteiger partial charge on any atom is -0.303 e. The van der Waals surface area contributed by atoms with Crippen LogP contribution in [-0.2, 0) is 5.11 Å². The molecule has 10 heavy (non-hydrogen) atoms. The lowest BCUT2D eigenvalue weighted by Gasteiger charge is -2.25. The molecule has 0 spiro atoms. The molecule has 2 nitrogen and oxygen atoms in total. The quantitative estimate of drug-likeness (QED) is 0.582. The average molecular weight is 142 g/mol. The van der Waals surface area contributed by atoms with Crippen LogP contribution in [0.4, 0.5) is 0 Å². The summed E-state index contributed by atoms with van der Waals surface area (Å²) in [6, 6.07) is 0. The normalized spacial score (nSPS) is 21.3. The van der Waals surface area contributed by atoms with Gasteiger partial charge >= 0.3 is 0 Å². The first-order valence-corrected chi connectivity index (χ1v) is 4.24. The van der Waals surface area contributed by atoms with Crippen LogP contribution in [0.5, 0.6) is 0 Å². The molecule has 1 saturated heterocycles. The fourth-order valence-corrected chi connectivity index (χ4v) is 1.47. The lowest BCUT2D eigenvalue weighted by Crippen LogP contribution is -2.30. The summed E-state index contributed by atoms with van der Waals surface area (Å²) in [6.07, 6.45) is 4.88. The highest BCUT2D eigenvalue weighted by atomic mass is 16.3. The summed E-state index contributed by atoms with van der Waals surface area (Å²) in [6.45, 7) is 3.57. The molecule has 1 radical (unpaired) electrons. The third kappa shape index (κ3) is 2.67. The highest BCUT2D eigenvalue weighted by Gasteiger charge is 2.08. The van der Waals surface area contributed by atoms with E-state index in [0.717, 1.165) is 13.0 Å². The van der Waals surface area contributed by atoms with Crippen molar-refractivity contribution in [3.05, 3.63) is 0 Å². The first-order chi connectivity index (χ1) is 4.93. The van der Waals surface area contributed by atoms with Gasteiger partial charge in [-0.25, -0.2) is 5.11 Å². The van der Waals surface area contributed by atoms with Crippen molar-refractivity contribution in [1.82, 2.24) is 4.90 Å². The zero-order chi connectivity index (χ0) is 7.23. The van der Waals surface area contributed by atoms with Crippen molar-refractivity contribution in [2.45, 2.75) is 25.7 Å². The van der Waals surface area contributed by atoms with Crippen LogP contribution in [0, 0.1) is 0 Å². The third-order valence-electron chi connectivity index (χ3n) is 2.07. The van der Waals surface area contributed by atoms with Crippen LogP contribution >= 0.6 is 0 Å². The molecule has 1 heterocycles. The number of hydrogen-bond acceptors (Lipinski definition) is 1. The van der Waals surface area contributed by atoms with E-state index in [1.54, 1.807) is 0 Å². The second kappa shape index (κ2) is 4.69. The molecule has 0 unspecified atom stereocenters. The molecule has 0 atom stereocenters. The highest BCUT2D eigenvalue weighted by molar-refractivity contribution is 4.63. The SMILES string of the molecule is [O]CCCN1CCCCC1. The first kappa shape index (κ1) is 8.02. The Kier molecular flexibility index (Phi) is 3.76. The Morgan fingerprint density at radius 1 is 1.10 bits per heavy atom. The largest absolute Gasteiger partial charge is 0.303 e. The monoisotopic (exact) mass is 142 g/mol. The summed E-state index contributed by atoms with van der Waals surface area (Å²) < 4.78 is 0. The molecule has 0 aromatic rings. The Bertz CT molecular complexity index is 79.3. The molecule has 0 aromatic carbocycles. The number of likely N-dealkylation sites (tertiary alicyclic amines) is 1. The van der Waals surface area contributed by atoms with Crippen LogP contribution in [0.25, 0.3) is 0 Å². The van der Waals surface area contributed by atoms with Crippen LogP contribution in [0.1, 0.15) is 25.7 Å². The van der Waals surface area contributed by atoms with Gasteiger partial charge in [0.25, 0.3) is 0 Å². The molecule has 2 heteroatoms. The number of nitrogens with zero attached hydrogens (tertiary/aromatic N) is 1. The van der Waals surface area contributed by atoms with Crippen molar-refractivity contribution in [3.8, 4) is 0 Å². The fourth-order valence-electron chi connectivity index (χ4n) is 1.47. The van der Waals surface area contributed by atoms with Crippen LogP contribution < -0.4 is 0 Å². The topological polar surface area (TPSA) is 23.1 Å². The lowest BCUT2D eigenvalue weighted by atomic mass is 10.1. The highest BCUT2D eigenvalue weighted by Crippen LogP contribution is 2.08. The van der Waals surface area contributed by atoms with Gasteiger partial charge in [-0.3, -0.25) is 0 Å². The lowest BCUT2D eigenvalue weighted by molar-refractivity contribution is 0.156. The number of hydrogen-bond donors (Lipinski definition) is 0. The summed E-state index contributed by atoms with van der Waals surface area (Å²) in [7, 11) is 0. The van der Waals surface area contributed by atoms with Crippen LogP contribution in [0.15, 0.2) is 0 Å². The molecule has 0 amide bonds. The van der Waals surface area contributed by atoms with Gasteiger partial charge in [-0.05, 0) is 32.4 Å². The van der Waals surface area contributed by atoms with Gasteiger partial charge in [0, 0.05) is 6.54 Å². The Morgan fingerprint density at radius 2 is 1.80 bits per heavy atom. The number of piperidine rings is 1. The summed E-state index contributed by atoms with van der Waals surface area (Å²) in [5, 5.41) is 10.1. The molecule has 0 saturated carbocycles. The molecule has 0 bridgehead atoms. The molecule has 59 valence electrons. The first-order valence-electron chi connectivity index (χ1n) is 4.24. The van der Waals surface area contributed by atoms with Gasteiger partial charge in [0.1, 0.15) is 0 Å². The maximum atomic E-state index is 10.1. The van der Waals surface area contributed by atoms with Crippen molar-refractivity contribution in [2.75, 3.05) is 26.2 Å². The maximum absolute atomic E-state index is 10.1. The van der Waals surface area contributed by atoms with Crippen molar-refractivity contribution in [3.63, 3.8) is 0 Å². The van der Waals surface area contributed by atoms with E-state index in [0.29, 0.717) is 0 Å². The second-order valence-corrected chi connectivity index (χ2v) is 2.96. The Hall–Kier alpha value is -0.0800. The molecule has 1 aliphatic rings. The van der Waals surface area contributed by atoms with E-state index in [2.05, 4.69) is 4.90 Å².